The van der Waals surface area contributed by atoms with Crippen LogP contribution in [0.1, 0.15) is 22.5 Å². The van der Waals surface area contributed by atoms with Gasteiger partial charge in [0, 0.05) is 28.7 Å². The standard InChI is InChI=1S/C16H16BrN3O2/c1-11-3-2-4-14(19-11)20-15(21)9-10-18-16(22)12-5-7-13(17)8-6-12/h2-8H,9-10H2,1H3,(H,18,22)(H,19,20,21). The minimum atomic E-state index is -0.200. The van der Waals surface area contributed by atoms with Crippen molar-refractivity contribution in [3.63, 3.8) is 0 Å². The maximum Gasteiger partial charge on any atom is 0.251 e. The topological polar surface area (TPSA) is 71.1 Å². The maximum absolute atomic E-state index is 11.9. The molecule has 22 heavy (non-hydrogen) atoms. The van der Waals surface area contributed by atoms with Gasteiger partial charge in [0.05, 0.1) is 0 Å². The Labute approximate surface area is 137 Å². The van der Waals surface area contributed by atoms with Crippen LogP contribution in [0.4, 0.5) is 5.82 Å². The SMILES string of the molecule is Cc1cccc(NC(=O)CCNC(=O)c2ccc(Br)cc2)n1. The lowest BCUT2D eigenvalue weighted by molar-refractivity contribution is -0.116. The van der Waals surface area contributed by atoms with E-state index in [-0.39, 0.29) is 24.8 Å². The molecule has 1 aromatic heterocycles. The largest absolute Gasteiger partial charge is 0.352 e. The number of halogens is 1. The molecule has 0 fully saturated rings. The number of nitrogens with zero attached hydrogens (tertiary/aromatic N) is 1. The van der Waals surface area contributed by atoms with E-state index in [1.54, 1.807) is 30.3 Å². The molecule has 0 aliphatic rings. The number of carbonyl (C=O) groups is 2. The van der Waals surface area contributed by atoms with Crippen LogP contribution >= 0.6 is 15.9 Å². The predicted octanol–water partition coefficient (Wildman–Crippen LogP) is 2.91. The monoisotopic (exact) mass is 361 g/mol. The molecule has 2 amide bonds. The number of hydrogen-bond donors (Lipinski definition) is 2. The van der Waals surface area contributed by atoms with E-state index < -0.39 is 0 Å². The summed E-state index contributed by atoms with van der Waals surface area (Å²) in [5.74, 6) is 0.132. The third kappa shape index (κ3) is 4.96. The van der Waals surface area contributed by atoms with Crippen LogP contribution in [0.3, 0.4) is 0 Å². The van der Waals surface area contributed by atoms with Crippen molar-refractivity contribution in [3.8, 4) is 0 Å². The van der Waals surface area contributed by atoms with Gasteiger partial charge in [-0.1, -0.05) is 22.0 Å². The molecule has 0 aliphatic carbocycles. The number of carbonyl (C=O) groups excluding carboxylic acids is 2. The maximum atomic E-state index is 11.9. The molecule has 1 aromatic carbocycles. The Bertz CT molecular complexity index is 671. The Balaban J connectivity index is 1.77. The summed E-state index contributed by atoms with van der Waals surface area (Å²) in [7, 11) is 0. The highest BCUT2D eigenvalue weighted by Gasteiger charge is 2.07. The van der Waals surface area contributed by atoms with E-state index in [1.807, 2.05) is 19.1 Å². The van der Waals surface area contributed by atoms with E-state index in [4.69, 9.17) is 0 Å². The Kier molecular flexibility index (Phi) is 5.66. The van der Waals surface area contributed by atoms with Crippen molar-refractivity contribution in [1.29, 1.82) is 0 Å². The highest BCUT2D eigenvalue weighted by molar-refractivity contribution is 9.10. The summed E-state index contributed by atoms with van der Waals surface area (Å²) in [5.41, 5.74) is 1.39. The number of anilines is 1. The smallest absolute Gasteiger partial charge is 0.251 e. The molecular weight excluding hydrogens is 346 g/mol. The van der Waals surface area contributed by atoms with Crippen LogP contribution in [-0.4, -0.2) is 23.3 Å². The zero-order chi connectivity index (χ0) is 15.9. The van der Waals surface area contributed by atoms with Gasteiger partial charge in [0.2, 0.25) is 5.91 Å². The van der Waals surface area contributed by atoms with Crippen molar-refractivity contribution in [3.05, 3.63) is 58.2 Å². The molecular formula is C16H16BrN3O2. The highest BCUT2D eigenvalue weighted by atomic mass is 79.9. The molecule has 0 radical (unpaired) electrons. The van der Waals surface area contributed by atoms with Gasteiger partial charge < -0.3 is 10.6 Å². The van der Waals surface area contributed by atoms with Crippen molar-refractivity contribution in [1.82, 2.24) is 10.3 Å². The minimum Gasteiger partial charge on any atom is -0.352 e. The van der Waals surface area contributed by atoms with Crippen molar-refractivity contribution in [2.24, 2.45) is 0 Å². The Morgan fingerprint density at radius 2 is 1.86 bits per heavy atom. The van der Waals surface area contributed by atoms with Crippen molar-refractivity contribution < 1.29 is 9.59 Å². The normalized spacial score (nSPS) is 10.1. The number of hydrogen-bond acceptors (Lipinski definition) is 3. The molecule has 0 aliphatic heterocycles. The second-order valence-electron chi connectivity index (χ2n) is 4.73. The molecule has 114 valence electrons. The van der Waals surface area contributed by atoms with Gasteiger partial charge in [0.1, 0.15) is 5.82 Å². The van der Waals surface area contributed by atoms with Crippen molar-refractivity contribution in [2.45, 2.75) is 13.3 Å². The number of rotatable bonds is 5. The lowest BCUT2D eigenvalue weighted by atomic mass is 10.2. The van der Waals surface area contributed by atoms with Crippen LogP contribution in [0.15, 0.2) is 46.9 Å². The molecule has 0 unspecified atom stereocenters. The summed E-state index contributed by atoms with van der Waals surface area (Å²) in [6.07, 6.45) is 0.192. The van der Waals surface area contributed by atoms with Crippen LogP contribution in [0, 0.1) is 6.92 Å². The Hall–Kier alpha value is -2.21. The molecule has 0 saturated carbocycles. The number of benzene rings is 1. The second kappa shape index (κ2) is 7.70. The molecule has 2 rings (SSSR count). The fourth-order valence-corrected chi connectivity index (χ4v) is 2.08. The van der Waals surface area contributed by atoms with E-state index in [0.29, 0.717) is 11.4 Å². The predicted molar refractivity (Wildman–Crippen MR) is 88.7 cm³/mol. The average molecular weight is 362 g/mol. The number of aromatic nitrogens is 1. The van der Waals surface area contributed by atoms with Crippen LogP contribution in [0.5, 0.6) is 0 Å². The van der Waals surface area contributed by atoms with Crippen LogP contribution in [-0.2, 0) is 4.79 Å². The molecule has 6 heteroatoms. The lowest BCUT2D eigenvalue weighted by Gasteiger charge is -2.07. The van der Waals surface area contributed by atoms with Gasteiger partial charge in [0.25, 0.3) is 5.91 Å². The molecule has 1 heterocycles. The molecule has 0 atom stereocenters. The summed E-state index contributed by atoms with van der Waals surface area (Å²) in [6.45, 7) is 2.13. The first-order valence-corrected chi connectivity index (χ1v) is 7.61. The van der Waals surface area contributed by atoms with Gasteiger partial charge in [-0.05, 0) is 43.3 Å². The van der Waals surface area contributed by atoms with E-state index in [0.717, 1.165) is 10.2 Å². The van der Waals surface area contributed by atoms with E-state index in [9.17, 15) is 9.59 Å². The second-order valence-corrected chi connectivity index (χ2v) is 5.64. The fourth-order valence-electron chi connectivity index (χ4n) is 1.81. The Morgan fingerprint density at radius 3 is 2.55 bits per heavy atom. The van der Waals surface area contributed by atoms with E-state index in [1.165, 1.54) is 0 Å². The van der Waals surface area contributed by atoms with E-state index in [2.05, 4.69) is 31.5 Å². The van der Waals surface area contributed by atoms with Gasteiger partial charge in [-0.2, -0.15) is 0 Å². The summed E-state index contributed by atoms with van der Waals surface area (Å²) >= 11 is 3.31. The van der Waals surface area contributed by atoms with Gasteiger partial charge in [-0.15, -0.1) is 0 Å². The first-order chi connectivity index (χ1) is 10.5. The number of nitrogens with one attached hydrogen (secondary N) is 2. The van der Waals surface area contributed by atoms with Gasteiger partial charge in [-0.3, -0.25) is 9.59 Å². The first kappa shape index (κ1) is 16.2. The number of aryl methyl sites for hydroxylation is 1. The fraction of sp³-hybridized carbons (Fsp3) is 0.188. The Morgan fingerprint density at radius 1 is 1.14 bits per heavy atom. The summed E-state index contributed by atoms with van der Waals surface area (Å²) < 4.78 is 0.911. The quantitative estimate of drug-likeness (QED) is 0.859. The van der Waals surface area contributed by atoms with Crippen LogP contribution in [0.2, 0.25) is 0 Å². The third-order valence-corrected chi connectivity index (χ3v) is 3.43. The summed E-state index contributed by atoms with van der Waals surface area (Å²) in [5, 5.41) is 5.41. The van der Waals surface area contributed by atoms with Crippen molar-refractivity contribution in [2.75, 3.05) is 11.9 Å². The first-order valence-electron chi connectivity index (χ1n) is 6.82. The molecule has 0 bridgehead atoms. The zero-order valence-corrected chi connectivity index (χ0v) is 13.7. The van der Waals surface area contributed by atoms with Gasteiger partial charge in [0.15, 0.2) is 0 Å². The van der Waals surface area contributed by atoms with Crippen LogP contribution < -0.4 is 10.6 Å². The minimum absolute atomic E-state index is 0.186. The molecule has 2 N–H and O–H groups in total. The lowest BCUT2D eigenvalue weighted by Crippen LogP contribution is -2.27. The molecule has 0 spiro atoms. The van der Waals surface area contributed by atoms with Crippen LogP contribution in [0.25, 0.3) is 0 Å². The summed E-state index contributed by atoms with van der Waals surface area (Å²) in [6, 6.07) is 12.4. The van der Waals surface area contributed by atoms with Gasteiger partial charge >= 0.3 is 0 Å². The van der Waals surface area contributed by atoms with Crippen molar-refractivity contribution >= 4 is 33.6 Å². The number of amides is 2. The average Bonchev–Trinajstić information content (AvgIpc) is 2.47. The van der Waals surface area contributed by atoms with Gasteiger partial charge in [-0.25, -0.2) is 4.98 Å². The highest BCUT2D eigenvalue weighted by Crippen LogP contribution is 2.10. The summed E-state index contributed by atoms with van der Waals surface area (Å²) in [4.78, 5) is 27.8. The zero-order valence-electron chi connectivity index (χ0n) is 12.1. The molecule has 5 nitrogen and oxygen atoms in total. The molecule has 2 aromatic rings. The third-order valence-electron chi connectivity index (χ3n) is 2.90. The molecule has 0 saturated heterocycles. The number of pyridine rings is 1. The van der Waals surface area contributed by atoms with E-state index >= 15 is 0 Å².